The van der Waals surface area contributed by atoms with E-state index in [-0.39, 0.29) is 22.8 Å². The molecule has 0 aliphatic heterocycles. The minimum absolute atomic E-state index is 0.0493. The number of thiocarbonyl (C=S) groups is 1. The highest BCUT2D eigenvalue weighted by Crippen LogP contribution is 2.31. The summed E-state index contributed by atoms with van der Waals surface area (Å²) in [4.78, 5) is 24.5. The van der Waals surface area contributed by atoms with Crippen LogP contribution in [0.1, 0.15) is 48.5 Å². The molecular formula is C23H27N3O3S. The Morgan fingerprint density at radius 2 is 1.73 bits per heavy atom. The second kappa shape index (κ2) is 10.2. The van der Waals surface area contributed by atoms with Crippen molar-refractivity contribution in [2.24, 2.45) is 5.92 Å². The molecule has 0 atom stereocenters. The van der Waals surface area contributed by atoms with E-state index in [0.29, 0.717) is 12.2 Å². The van der Waals surface area contributed by atoms with Crippen LogP contribution < -0.4 is 20.7 Å². The third kappa shape index (κ3) is 6.03. The summed E-state index contributed by atoms with van der Waals surface area (Å²) < 4.78 is 5.61. The number of hydrogen-bond donors (Lipinski definition) is 3. The standard InChI is InChI=1S/C23H27N3O3S/c1-3-4-14-29-18-12-10-17(11-13-18)22(28)26-23(30)25-20-7-5-6-19(15(20)2)24-21(27)16-8-9-16/h5-7,10-13,16H,3-4,8-9,14H2,1-2H3,(H,24,27)(H2,25,26,28,30). The SMILES string of the molecule is CCCCOc1ccc(C(=O)NC(=S)Nc2cccc(NC(=O)C3CC3)c2C)cc1. The Hall–Kier alpha value is -2.93. The van der Waals surface area contributed by atoms with Gasteiger partial charge in [-0.2, -0.15) is 0 Å². The van der Waals surface area contributed by atoms with Gasteiger partial charge in [0.25, 0.3) is 5.91 Å². The molecule has 0 radical (unpaired) electrons. The predicted octanol–water partition coefficient (Wildman–Crippen LogP) is 4.65. The van der Waals surface area contributed by atoms with Crippen LogP contribution in [0.3, 0.4) is 0 Å². The van der Waals surface area contributed by atoms with Crippen LogP contribution in [0.2, 0.25) is 0 Å². The lowest BCUT2D eigenvalue weighted by atomic mass is 10.1. The number of carbonyl (C=O) groups is 2. The van der Waals surface area contributed by atoms with Gasteiger partial charge in [0.1, 0.15) is 5.75 Å². The van der Waals surface area contributed by atoms with Crippen molar-refractivity contribution in [3.05, 3.63) is 53.6 Å². The summed E-state index contributed by atoms with van der Waals surface area (Å²) in [6.07, 6.45) is 3.96. The highest BCUT2D eigenvalue weighted by molar-refractivity contribution is 7.80. The number of benzene rings is 2. The highest BCUT2D eigenvalue weighted by atomic mass is 32.1. The maximum absolute atomic E-state index is 12.5. The maximum atomic E-state index is 12.5. The fourth-order valence-electron chi connectivity index (χ4n) is 2.85. The third-order valence-electron chi connectivity index (χ3n) is 4.90. The van der Waals surface area contributed by atoms with Gasteiger partial charge >= 0.3 is 0 Å². The Labute approximate surface area is 182 Å². The zero-order valence-corrected chi connectivity index (χ0v) is 18.1. The van der Waals surface area contributed by atoms with Gasteiger partial charge in [0.15, 0.2) is 5.11 Å². The van der Waals surface area contributed by atoms with Gasteiger partial charge < -0.3 is 15.4 Å². The van der Waals surface area contributed by atoms with Crippen molar-refractivity contribution in [3.8, 4) is 5.75 Å². The average molecular weight is 426 g/mol. The molecule has 1 fully saturated rings. The van der Waals surface area contributed by atoms with Crippen LogP contribution in [-0.2, 0) is 4.79 Å². The highest BCUT2D eigenvalue weighted by Gasteiger charge is 2.29. The molecule has 1 saturated carbocycles. The molecule has 0 bridgehead atoms. The van der Waals surface area contributed by atoms with Crippen molar-refractivity contribution < 1.29 is 14.3 Å². The molecule has 0 heterocycles. The summed E-state index contributed by atoms with van der Waals surface area (Å²) in [5.74, 6) is 0.614. The molecule has 7 heteroatoms. The van der Waals surface area contributed by atoms with Crippen LogP contribution in [0, 0.1) is 12.8 Å². The van der Waals surface area contributed by atoms with Crippen LogP contribution in [0.5, 0.6) is 5.75 Å². The lowest BCUT2D eigenvalue weighted by molar-refractivity contribution is -0.117. The Morgan fingerprint density at radius 1 is 1.07 bits per heavy atom. The summed E-state index contributed by atoms with van der Waals surface area (Å²) in [5.41, 5.74) is 2.82. The fraction of sp³-hybridized carbons (Fsp3) is 0.348. The summed E-state index contributed by atoms with van der Waals surface area (Å²) in [7, 11) is 0. The molecule has 2 aromatic rings. The lowest BCUT2D eigenvalue weighted by Crippen LogP contribution is -2.34. The van der Waals surface area contributed by atoms with E-state index in [1.165, 1.54) is 0 Å². The largest absolute Gasteiger partial charge is 0.494 e. The molecule has 2 amide bonds. The lowest BCUT2D eigenvalue weighted by Gasteiger charge is -2.15. The first-order chi connectivity index (χ1) is 14.5. The van der Waals surface area contributed by atoms with Gasteiger partial charge in [-0.3, -0.25) is 14.9 Å². The van der Waals surface area contributed by atoms with Crippen molar-refractivity contribution in [1.29, 1.82) is 0 Å². The van der Waals surface area contributed by atoms with E-state index in [0.717, 1.165) is 48.4 Å². The molecule has 1 aliphatic rings. The molecule has 6 nitrogen and oxygen atoms in total. The van der Waals surface area contributed by atoms with Gasteiger partial charge in [0, 0.05) is 22.9 Å². The van der Waals surface area contributed by atoms with Gasteiger partial charge in [-0.15, -0.1) is 0 Å². The van der Waals surface area contributed by atoms with Crippen LogP contribution in [0.15, 0.2) is 42.5 Å². The quantitative estimate of drug-likeness (QED) is 0.424. The minimum atomic E-state index is -0.302. The van der Waals surface area contributed by atoms with Crippen molar-refractivity contribution in [1.82, 2.24) is 5.32 Å². The first-order valence-electron chi connectivity index (χ1n) is 10.2. The van der Waals surface area contributed by atoms with Crippen molar-refractivity contribution in [3.63, 3.8) is 0 Å². The van der Waals surface area contributed by atoms with Crippen LogP contribution >= 0.6 is 12.2 Å². The van der Waals surface area contributed by atoms with E-state index in [9.17, 15) is 9.59 Å². The summed E-state index contributed by atoms with van der Waals surface area (Å²) in [6.45, 7) is 4.66. The molecule has 0 unspecified atom stereocenters. The fourth-order valence-corrected chi connectivity index (χ4v) is 3.06. The molecule has 3 rings (SSSR count). The number of nitrogens with one attached hydrogen (secondary N) is 3. The molecule has 0 spiro atoms. The number of unbranched alkanes of at least 4 members (excludes halogenated alkanes) is 1. The Bertz CT molecular complexity index is 924. The zero-order chi connectivity index (χ0) is 21.5. The van der Waals surface area contributed by atoms with E-state index in [2.05, 4.69) is 22.9 Å². The minimum Gasteiger partial charge on any atom is -0.494 e. The number of anilines is 2. The molecule has 0 aromatic heterocycles. The van der Waals surface area contributed by atoms with E-state index < -0.39 is 0 Å². The molecule has 30 heavy (non-hydrogen) atoms. The topological polar surface area (TPSA) is 79.5 Å². The Balaban J connectivity index is 1.56. The second-order valence-electron chi connectivity index (χ2n) is 7.38. The molecular weight excluding hydrogens is 398 g/mol. The van der Waals surface area contributed by atoms with Gasteiger partial charge in [-0.25, -0.2) is 0 Å². The van der Waals surface area contributed by atoms with E-state index in [1.54, 1.807) is 24.3 Å². The second-order valence-corrected chi connectivity index (χ2v) is 7.78. The van der Waals surface area contributed by atoms with Crippen LogP contribution in [0.25, 0.3) is 0 Å². The van der Waals surface area contributed by atoms with Crippen molar-refractivity contribution >= 4 is 40.5 Å². The summed E-state index contributed by atoms with van der Waals surface area (Å²) in [5, 5.41) is 8.87. The first kappa shape index (κ1) is 21.8. The molecule has 1 aliphatic carbocycles. The monoisotopic (exact) mass is 425 g/mol. The first-order valence-corrected chi connectivity index (χ1v) is 10.6. The van der Waals surface area contributed by atoms with E-state index in [1.807, 2.05) is 25.1 Å². The van der Waals surface area contributed by atoms with Gasteiger partial charge in [-0.1, -0.05) is 19.4 Å². The Kier molecular flexibility index (Phi) is 7.41. The third-order valence-corrected chi connectivity index (χ3v) is 5.10. The molecule has 3 N–H and O–H groups in total. The predicted molar refractivity (Wildman–Crippen MR) is 123 cm³/mol. The summed E-state index contributed by atoms with van der Waals surface area (Å²) in [6, 6.07) is 12.5. The van der Waals surface area contributed by atoms with E-state index in [4.69, 9.17) is 17.0 Å². The smallest absolute Gasteiger partial charge is 0.257 e. The maximum Gasteiger partial charge on any atom is 0.257 e. The Morgan fingerprint density at radius 3 is 2.37 bits per heavy atom. The molecule has 2 aromatic carbocycles. The number of ether oxygens (including phenoxy) is 1. The van der Waals surface area contributed by atoms with Crippen LogP contribution in [0.4, 0.5) is 11.4 Å². The normalized spacial score (nSPS) is 12.7. The summed E-state index contributed by atoms with van der Waals surface area (Å²) >= 11 is 5.30. The molecule has 0 saturated heterocycles. The van der Waals surface area contributed by atoms with Crippen LogP contribution in [-0.4, -0.2) is 23.5 Å². The number of carbonyl (C=O) groups excluding carboxylic acids is 2. The van der Waals surface area contributed by atoms with Crippen molar-refractivity contribution in [2.45, 2.75) is 39.5 Å². The number of rotatable bonds is 8. The average Bonchev–Trinajstić information content (AvgIpc) is 3.57. The number of hydrogen-bond acceptors (Lipinski definition) is 4. The number of amides is 2. The van der Waals surface area contributed by atoms with Gasteiger partial charge in [0.05, 0.1) is 6.61 Å². The van der Waals surface area contributed by atoms with E-state index >= 15 is 0 Å². The van der Waals surface area contributed by atoms with Gasteiger partial charge in [0.2, 0.25) is 5.91 Å². The zero-order valence-electron chi connectivity index (χ0n) is 17.3. The van der Waals surface area contributed by atoms with Crippen molar-refractivity contribution in [2.75, 3.05) is 17.2 Å². The van der Waals surface area contributed by atoms with Gasteiger partial charge in [-0.05, 0) is 80.4 Å². The molecule has 158 valence electrons.